The first-order valence-corrected chi connectivity index (χ1v) is 29.0. The summed E-state index contributed by atoms with van der Waals surface area (Å²) in [5.74, 6) is 0. The van der Waals surface area contributed by atoms with Crippen LogP contribution in [-0.2, 0) is 0 Å². The fraction of sp³-hybridized carbons (Fsp3) is 0. The van der Waals surface area contributed by atoms with Crippen LogP contribution in [0, 0.1) is 0 Å². The Kier molecular flexibility index (Phi) is 9.03. The summed E-state index contributed by atoms with van der Waals surface area (Å²) in [4.78, 5) is 10.4. The van der Waals surface area contributed by atoms with Gasteiger partial charge >= 0.3 is 0 Å². The summed E-state index contributed by atoms with van der Waals surface area (Å²) in [5.41, 5.74) is 20.8. The van der Waals surface area contributed by atoms with Gasteiger partial charge in [0.15, 0.2) is 5.58 Å². The molecule has 8 aromatic heterocycles. The minimum Gasteiger partial charge on any atom is -0.455 e. The molecule has 8 nitrogen and oxygen atoms in total. The number of pyridine rings is 2. The number of aromatic nitrogens is 4. The van der Waals surface area contributed by atoms with Gasteiger partial charge in [-0.2, -0.15) is 0 Å². The lowest BCUT2D eigenvalue weighted by Crippen LogP contribution is -1.94. The predicted octanol–water partition coefficient (Wildman–Crippen LogP) is 21.6. The maximum absolute atomic E-state index is 6.83. The Morgan fingerprint density at radius 1 is 0.256 bits per heavy atom. The fourth-order valence-corrected chi connectivity index (χ4v) is 14.4. The summed E-state index contributed by atoms with van der Waals surface area (Å²) < 4.78 is 31.4. The largest absolute Gasteiger partial charge is 0.455 e. The van der Waals surface area contributed by atoms with E-state index in [0.717, 1.165) is 181 Å². The molecule has 0 unspecified atom stereocenters. The van der Waals surface area contributed by atoms with Gasteiger partial charge in [0.25, 0.3) is 0 Å². The molecule has 0 atom stereocenters. The number of rotatable bonds is 5. The van der Waals surface area contributed by atoms with Gasteiger partial charge in [-0.1, -0.05) is 158 Å². The third kappa shape index (κ3) is 6.25. The zero-order valence-electron chi connectivity index (χ0n) is 45.7. The van der Waals surface area contributed by atoms with Gasteiger partial charge < -0.3 is 26.8 Å². The Hall–Kier alpha value is -11.7. The SMILES string of the molecule is c1ccc2c(-c3ccc(-n4c5ccccc5c5c6oc7ccccc7c6ccc54)cc3)c3c(nc2c1)oc1cc(-c2ccc4c(-c5ccc(-n6c7ccccc7c7ccc8c9ccccc9oc8c76)cc5)c5c(nc4c2)oc2ccccc25)ccc13. The van der Waals surface area contributed by atoms with E-state index in [9.17, 15) is 0 Å². The molecular weight excluding hydrogens is 1060 g/mol. The molecule has 0 saturated heterocycles. The summed E-state index contributed by atoms with van der Waals surface area (Å²) >= 11 is 0. The van der Waals surface area contributed by atoms with Crippen LogP contribution in [0.15, 0.2) is 272 Å². The molecule has 0 aliphatic rings. The summed E-state index contributed by atoms with van der Waals surface area (Å²) in [6.45, 7) is 0. The van der Waals surface area contributed by atoms with Crippen LogP contribution in [0.4, 0.5) is 0 Å². The first kappa shape index (κ1) is 45.8. The van der Waals surface area contributed by atoms with Crippen LogP contribution in [-0.4, -0.2) is 19.1 Å². The van der Waals surface area contributed by atoms with Crippen LogP contribution in [0.25, 0.3) is 198 Å². The van der Waals surface area contributed by atoms with Gasteiger partial charge in [0.05, 0.1) is 49.3 Å². The van der Waals surface area contributed by atoms with Gasteiger partial charge in [-0.15, -0.1) is 0 Å². The molecule has 86 heavy (non-hydrogen) atoms. The quantitative estimate of drug-likeness (QED) is 0.171. The maximum atomic E-state index is 6.83. The van der Waals surface area contributed by atoms with E-state index < -0.39 is 0 Å². The van der Waals surface area contributed by atoms with Crippen molar-refractivity contribution in [2.45, 2.75) is 0 Å². The summed E-state index contributed by atoms with van der Waals surface area (Å²) in [7, 11) is 0. The van der Waals surface area contributed by atoms with Gasteiger partial charge in [-0.3, -0.25) is 0 Å². The molecule has 0 amide bonds. The van der Waals surface area contributed by atoms with Crippen molar-refractivity contribution in [3.63, 3.8) is 0 Å². The zero-order chi connectivity index (χ0) is 55.9. The Morgan fingerprint density at radius 2 is 0.709 bits per heavy atom. The predicted molar refractivity (Wildman–Crippen MR) is 351 cm³/mol. The van der Waals surface area contributed by atoms with Gasteiger partial charge in [0, 0.05) is 81.8 Å². The van der Waals surface area contributed by atoms with E-state index in [-0.39, 0.29) is 0 Å². The normalized spacial score (nSPS) is 12.4. The molecule has 0 aliphatic heterocycles. The van der Waals surface area contributed by atoms with E-state index in [2.05, 4.69) is 221 Å². The lowest BCUT2D eigenvalue weighted by molar-refractivity contribution is 0.655. The van der Waals surface area contributed by atoms with Crippen molar-refractivity contribution in [3.8, 4) is 44.8 Å². The van der Waals surface area contributed by atoms with Crippen molar-refractivity contribution in [1.29, 1.82) is 0 Å². The van der Waals surface area contributed by atoms with Crippen molar-refractivity contribution >= 4 is 153 Å². The summed E-state index contributed by atoms with van der Waals surface area (Å²) in [5, 5.41) is 15.1. The van der Waals surface area contributed by atoms with Crippen molar-refractivity contribution in [2.24, 2.45) is 0 Å². The number of fused-ring (bicyclic) bond motifs is 22. The highest BCUT2D eigenvalue weighted by atomic mass is 16.3. The van der Waals surface area contributed by atoms with E-state index >= 15 is 0 Å². The lowest BCUT2D eigenvalue weighted by Gasteiger charge is -2.13. The van der Waals surface area contributed by atoms with Crippen LogP contribution in [0.1, 0.15) is 0 Å². The monoisotopic (exact) mass is 1100 g/mol. The minimum atomic E-state index is 0.593. The summed E-state index contributed by atoms with van der Waals surface area (Å²) in [6, 6.07) is 90.2. The van der Waals surface area contributed by atoms with Gasteiger partial charge in [-0.05, 0) is 119 Å². The Labute approximate surface area is 487 Å². The van der Waals surface area contributed by atoms with Crippen molar-refractivity contribution < 1.29 is 17.7 Å². The number of benzene rings is 12. The number of nitrogens with zero attached hydrogens (tertiary/aromatic N) is 4. The molecule has 8 heterocycles. The smallest absolute Gasteiger partial charge is 0.228 e. The molecule has 398 valence electrons. The molecule has 0 spiro atoms. The fourth-order valence-electron chi connectivity index (χ4n) is 14.4. The molecule has 0 radical (unpaired) electrons. The van der Waals surface area contributed by atoms with Crippen molar-refractivity contribution in [2.75, 3.05) is 0 Å². The molecule has 0 fully saturated rings. The zero-order valence-corrected chi connectivity index (χ0v) is 45.7. The van der Waals surface area contributed by atoms with Crippen LogP contribution < -0.4 is 0 Å². The molecule has 0 N–H and O–H groups in total. The molecule has 8 heteroatoms. The average molecular weight is 1100 g/mol. The Morgan fingerprint density at radius 3 is 1.42 bits per heavy atom. The molecule has 0 aliphatic carbocycles. The second-order valence-corrected chi connectivity index (χ2v) is 22.7. The number of para-hydroxylation sites is 6. The molecule has 20 aromatic rings. The summed E-state index contributed by atoms with van der Waals surface area (Å²) in [6.07, 6.45) is 0. The highest BCUT2D eigenvalue weighted by molar-refractivity contribution is 6.26. The molecule has 20 rings (SSSR count). The maximum Gasteiger partial charge on any atom is 0.228 e. The first-order valence-electron chi connectivity index (χ1n) is 29.0. The third-order valence-corrected chi connectivity index (χ3v) is 18.2. The van der Waals surface area contributed by atoms with E-state index in [1.54, 1.807) is 0 Å². The third-order valence-electron chi connectivity index (χ3n) is 18.2. The standard InChI is InChI=1S/C78H42N4O4/c1-7-19-60-55(16-1)69(43-25-31-47(32-26-43)81-63-21-9-3-17-57(63)71-64(81)40-39-53-50-14-4-10-22-65(50)83-75(53)71)73-59-36-30-46(42-68(59)86-77(73)79-60)45-29-35-56-61(41-45)80-78-72(58-18-6-12-24-67(58)85-78)70(56)44-27-33-48(34-28-44)82-62-20-8-2-13-49(62)52-37-38-54-51-15-5-11-23-66(51)84-76(54)74(52)82/h1-42H. The van der Waals surface area contributed by atoms with E-state index in [1.807, 2.05) is 42.5 Å². The van der Waals surface area contributed by atoms with Crippen LogP contribution in [0.2, 0.25) is 0 Å². The topological polar surface area (TPSA) is 88.2 Å². The molecular formula is C78H42N4O4. The van der Waals surface area contributed by atoms with Gasteiger partial charge in [0.1, 0.15) is 27.9 Å². The van der Waals surface area contributed by atoms with E-state index in [4.69, 9.17) is 27.6 Å². The average Bonchev–Trinajstić information content (AvgIpc) is 1.93. The van der Waals surface area contributed by atoms with Crippen LogP contribution in [0.5, 0.6) is 0 Å². The number of hydrogen-bond donors (Lipinski definition) is 0. The second-order valence-electron chi connectivity index (χ2n) is 22.7. The molecule has 0 saturated carbocycles. The first-order chi connectivity index (χ1) is 42.6. The van der Waals surface area contributed by atoms with E-state index in [0.29, 0.717) is 11.4 Å². The number of furan rings is 4. The lowest BCUT2D eigenvalue weighted by atomic mass is 9.93. The minimum absolute atomic E-state index is 0.593. The highest BCUT2D eigenvalue weighted by Gasteiger charge is 2.25. The van der Waals surface area contributed by atoms with Gasteiger partial charge in [-0.25, -0.2) is 9.97 Å². The van der Waals surface area contributed by atoms with Crippen molar-refractivity contribution in [3.05, 3.63) is 255 Å². The number of hydrogen-bond acceptors (Lipinski definition) is 6. The molecule has 12 aromatic carbocycles. The van der Waals surface area contributed by atoms with Crippen molar-refractivity contribution in [1.82, 2.24) is 19.1 Å². The second kappa shape index (κ2) is 16.9. The van der Waals surface area contributed by atoms with Crippen LogP contribution in [0.3, 0.4) is 0 Å². The van der Waals surface area contributed by atoms with Crippen LogP contribution >= 0.6 is 0 Å². The Balaban J connectivity index is 0.710. The van der Waals surface area contributed by atoms with Gasteiger partial charge in [0.2, 0.25) is 11.4 Å². The van der Waals surface area contributed by atoms with E-state index in [1.165, 1.54) is 5.39 Å². The Bertz CT molecular complexity index is 6330. The molecule has 0 bridgehead atoms. The highest BCUT2D eigenvalue weighted by Crippen LogP contribution is 2.47.